The average molecular weight is 304 g/mol. The van der Waals surface area contributed by atoms with Crippen molar-refractivity contribution in [2.75, 3.05) is 0 Å². The van der Waals surface area contributed by atoms with Gasteiger partial charge < -0.3 is 4.74 Å². The monoisotopic (exact) mass is 304 g/mol. The molecule has 3 heteroatoms. The molecule has 14 heavy (non-hydrogen) atoms. The Morgan fingerprint density at radius 3 is 2.64 bits per heavy atom. The molecule has 0 aliphatic carbocycles. The molecule has 0 saturated carbocycles. The number of carbonyl (C=O) groups is 1. The molecule has 0 saturated heterocycles. The van der Waals surface area contributed by atoms with Gasteiger partial charge in [0, 0.05) is 10.5 Å². The van der Waals surface area contributed by atoms with E-state index in [1.54, 1.807) is 0 Å². The highest BCUT2D eigenvalue weighted by Crippen LogP contribution is 2.26. The molecular weight excluding hydrogens is 291 g/mol. The standard InChI is InChI=1S/C11H13IO2/c1-4-9-6-10(12)5-7(2)11(9)14-8(3)13/h5-6H,4H2,1-3H3. The van der Waals surface area contributed by atoms with Crippen molar-refractivity contribution < 1.29 is 9.53 Å². The smallest absolute Gasteiger partial charge is 0.308 e. The Hall–Kier alpha value is -0.580. The molecule has 0 heterocycles. The van der Waals surface area contributed by atoms with E-state index in [0.717, 1.165) is 23.3 Å². The number of halogens is 1. The van der Waals surface area contributed by atoms with Gasteiger partial charge in [-0.15, -0.1) is 0 Å². The van der Waals surface area contributed by atoms with Crippen molar-refractivity contribution in [3.8, 4) is 5.75 Å². The van der Waals surface area contributed by atoms with Crippen molar-refractivity contribution in [2.24, 2.45) is 0 Å². The van der Waals surface area contributed by atoms with Gasteiger partial charge in [-0.3, -0.25) is 4.79 Å². The van der Waals surface area contributed by atoms with E-state index < -0.39 is 0 Å². The van der Waals surface area contributed by atoms with Crippen LogP contribution in [0.3, 0.4) is 0 Å². The lowest BCUT2D eigenvalue weighted by Crippen LogP contribution is -2.05. The lowest BCUT2D eigenvalue weighted by molar-refractivity contribution is -0.131. The van der Waals surface area contributed by atoms with Crippen LogP contribution in [-0.2, 0) is 11.2 Å². The first-order valence-corrected chi connectivity index (χ1v) is 5.60. The van der Waals surface area contributed by atoms with Crippen LogP contribution in [0.2, 0.25) is 0 Å². The minimum absolute atomic E-state index is 0.260. The molecule has 0 spiro atoms. The molecule has 2 nitrogen and oxygen atoms in total. The molecule has 0 aliphatic heterocycles. The Labute approximate surface area is 97.8 Å². The molecule has 0 atom stereocenters. The minimum Gasteiger partial charge on any atom is -0.426 e. The van der Waals surface area contributed by atoms with Gasteiger partial charge in [0.2, 0.25) is 0 Å². The molecular formula is C11H13IO2. The van der Waals surface area contributed by atoms with Crippen LogP contribution in [0, 0.1) is 10.5 Å². The maximum Gasteiger partial charge on any atom is 0.308 e. The van der Waals surface area contributed by atoms with Crippen LogP contribution in [0.4, 0.5) is 0 Å². The van der Waals surface area contributed by atoms with Crippen molar-refractivity contribution in [1.82, 2.24) is 0 Å². The van der Waals surface area contributed by atoms with Gasteiger partial charge in [0.05, 0.1) is 0 Å². The summed E-state index contributed by atoms with van der Waals surface area (Å²) < 4.78 is 6.35. The second kappa shape index (κ2) is 4.77. The van der Waals surface area contributed by atoms with Crippen molar-refractivity contribution in [3.63, 3.8) is 0 Å². The topological polar surface area (TPSA) is 26.3 Å². The molecule has 1 aromatic rings. The summed E-state index contributed by atoms with van der Waals surface area (Å²) in [6, 6.07) is 4.06. The Bertz CT molecular complexity index is 359. The summed E-state index contributed by atoms with van der Waals surface area (Å²) in [6.45, 7) is 5.44. The SMILES string of the molecule is CCc1cc(I)cc(C)c1OC(C)=O. The van der Waals surface area contributed by atoms with E-state index in [1.165, 1.54) is 10.5 Å². The summed E-state index contributed by atoms with van der Waals surface area (Å²) in [6.07, 6.45) is 0.875. The lowest BCUT2D eigenvalue weighted by Gasteiger charge is -2.11. The van der Waals surface area contributed by atoms with Gasteiger partial charge in [0.15, 0.2) is 0 Å². The molecule has 1 rings (SSSR count). The van der Waals surface area contributed by atoms with Gasteiger partial charge >= 0.3 is 5.97 Å². The van der Waals surface area contributed by atoms with Crippen molar-refractivity contribution in [3.05, 3.63) is 26.8 Å². The van der Waals surface area contributed by atoms with Gasteiger partial charge in [-0.2, -0.15) is 0 Å². The number of carbonyl (C=O) groups excluding carboxylic acids is 1. The Kier molecular flexibility index (Phi) is 3.92. The molecule has 76 valence electrons. The maximum atomic E-state index is 10.9. The van der Waals surface area contributed by atoms with Crippen LogP contribution in [0.1, 0.15) is 25.0 Å². The van der Waals surface area contributed by atoms with Crippen LogP contribution >= 0.6 is 22.6 Å². The fourth-order valence-electron chi connectivity index (χ4n) is 1.35. The third kappa shape index (κ3) is 2.70. The summed E-state index contributed by atoms with van der Waals surface area (Å²) in [7, 11) is 0. The van der Waals surface area contributed by atoms with E-state index in [0.29, 0.717) is 0 Å². The Morgan fingerprint density at radius 2 is 2.14 bits per heavy atom. The van der Waals surface area contributed by atoms with Crippen LogP contribution in [0.5, 0.6) is 5.75 Å². The third-order valence-corrected chi connectivity index (χ3v) is 2.57. The fourth-order valence-corrected chi connectivity index (χ4v) is 2.19. The maximum absolute atomic E-state index is 10.9. The zero-order valence-corrected chi connectivity index (χ0v) is 10.7. The average Bonchev–Trinajstić information content (AvgIpc) is 2.08. The summed E-state index contributed by atoms with van der Waals surface area (Å²) in [5.41, 5.74) is 2.11. The van der Waals surface area contributed by atoms with Crippen molar-refractivity contribution in [1.29, 1.82) is 0 Å². The van der Waals surface area contributed by atoms with Gasteiger partial charge in [-0.05, 0) is 59.2 Å². The second-order valence-electron chi connectivity index (χ2n) is 3.16. The first-order valence-electron chi connectivity index (χ1n) is 4.52. The number of aryl methyl sites for hydroxylation is 2. The van der Waals surface area contributed by atoms with Gasteiger partial charge in [0.25, 0.3) is 0 Å². The van der Waals surface area contributed by atoms with Crippen LogP contribution in [0.15, 0.2) is 12.1 Å². The summed E-state index contributed by atoms with van der Waals surface area (Å²) >= 11 is 2.26. The van der Waals surface area contributed by atoms with Crippen LogP contribution in [0.25, 0.3) is 0 Å². The van der Waals surface area contributed by atoms with Crippen LogP contribution in [-0.4, -0.2) is 5.97 Å². The first kappa shape index (κ1) is 11.5. The molecule has 0 N–H and O–H groups in total. The van der Waals surface area contributed by atoms with E-state index in [4.69, 9.17) is 4.74 Å². The number of ether oxygens (including phenoxy) is 1. The van der Waals surface area contributed by atoms with Crippen molar-refractivity contribution >= 4 is 28.6 Å². The molecule has 0 unspecified atom stereocenters. The summed E-state index contributed by atoms with van der Waals surface area (Å²) in [5, 5.41) is 0. The van der Waals surface area contributed by atoms with E-state index >= 15 is 0 Å². The fraction of sp³-hybridized carbons (Fsp3) is 0.364. The highest BCUT2D eigenvalue weighted by atomic mass is 127. The molecule has 0 fully saturated rings. The van der Waals surface area contributed by atoms with E-state index in [-0.39, 0.29) is 5.97 Å². The molecule has 0 bridgehead atoms. The lowest BCUT2D eigenvalue weighted by atomic mass is 10.1. The highest BCUT2D eigenvalue weighted by molar-refractivity contribution is 14.1. The minimum atomic E-state index is -0.260. The van der Waals surface area contributed by atoms with E-state index in [9.17, 15) is 4.79 Å². The third-order valence-electron chi connectivity index (χ3n) is 1.94. The second-order valence-corrected chi connectivity index (χ2v) is 4.40. The summed E-state index contributed by atoms with van der Waals surface area (Å²) in [4.78, 5) is 10.9. The molecule has 0 amide bonds. The van der Waals surface area contributed by atoms with E-state index in [1.807, 2.05) is 19.1 Å². The first-order chi connectivity index (χ1) is 6.54. The van der Waals surface area contributed by atoms with Gasteiger partial charge in [-0.1, -0.05) is 6.92 Å². The van der Waals surface area contributed by atoms with Crippen molar-refractivity contribution in [2.45, 2.75) is 27.2 Å². The number of esters is 1. The molecule has 0 aliphatic rings. The molecule has 0 aromatic heterocycles. The molecule has 1 aromatic carbocycles. The number of benzene rings is 1. The largest absolute Gasteiger partial charge is 0.426 e. The number of rotatable bonds is 2. The predicted molar refractivity (Wildman–Crippen MR) is 64.6 cm³/mol. The van der Waals surface area contributed by atoms with Crippen LogP contribution < -0.4 is 4.74 Å². The number of hydrogen-bond acceptors (Lipinski definition) is 2. The number of hydrogen-bond donors (Lipinski definition) is 0. The van der Waals surface area contributed by atoms with E-state index in [2.05, 4.69) is 29.5 Å². The normalized spacial score (nSPS) is 10.0. The molecule has 0 radical (unpaired) electrons. The van der Waals surface area contributed by atoms with Gasteiger partial charge in [-0.25, -0.2) is 0 Å². The predicted octanol–water partition coefficient (Wildman–Crippen LogP) is 3.09. The quantitative estimate of drug-likeness (QED) is 0.477. The Balaban J connectivity index is 3.18. The Morgan fingerprint density at radius 1 is 1.50 bits per heavy atom. The van der Waals surface area contributed by atoms with Gasteiger partial charge in [0.1, 0.15) is 5.75 Å². The highest BCUT2D eigenvalue weighted by Gasteiger charge is 2.09. The zero-order chi connectivity index (χ0) is 10.7. The summed E-state index contributed by atoms with van der Waals surface area (Å²) in [5.74, 6) is 0.462. The zero-order valence-electron chi connectivity index (χ0n) is 8.56.